The number of amides is 1. The van der Waals surface area contributed by atoms with Crippen LogP contribution in [0.2, 0.25) is 0 Å². The third-order valence-electron chi connectivity index (χ3n) is 2.27. The minimum atomic E-state index is -0.386. The Morgan fingerprint density at radius 1 is 1.35 bits per heavy atom. The van der Waals surface area contributed by atoms with E-state index >= 15 is 0 Å². The summed E-state index contributed by atoms with van der Waals surface area (Å²) in [6.07, 6.45) is 5.46. The number of nitrogens with zero attached hydrogens (tertiary/aromatic N) is 1. The van der Waals surface area contributed by atoms with Crippen molar-refractivity contribution in [2.75, 3.05) is 6.54 Å². The fourth-order valence-corrected chi connectivity index (χ4v) is 1.42. The van der Waals surface area contributed by atoms with Crippen LogP contribution >= 0.6 is 0 Å². The van der Waals surface area contributed by atoms with E-state index in [0.29, 0.717) is 13.0 Å². The molecule has 0 radical (unpaired) electrons. The van der Waals surface area contributed by atoms with E-state index in [2.05, 4.69) is 20.3 Å². The van der Waals surface area contributed by atoms with Crippen molar-refractivity contribution >= 4 is 5.91 Å². The normalized spacial score (nSPS) is 10.1. The zero-order valence-corrected chi connectivity index (χ0v) is 9.06. The molecule has 6 nitrogen and oxygen atoms in total. The predicted octanol–water partition coefficient (Wildman–Crippen LogP) is 0.0705. The van der Waals surface area contributed by atoms with Gasteiger partial charge < -0.3 is 15.3 Å². The Balaban J connectivity index is 1.90. The lowest BCUT2D eigenvalue weighted by atomic mass is 10.2. The number of rotatable bonds is 4. The average Bonchev–Trinajstić information content (AvgIpc) is 2.82. The highest BCUT2D eigenvalue weighted by atomic mass is 16.2. The Morgan fingerprint density at radius 3 is 2.94 bits per heavy atom. The number of aromatic nitrogens is 3. The second-order valence-electron chi connectivity index (χ2n) is 3.45. The maximum absolute atomic E-state index is 11.6. The van der Waals surface area contributed by atoms with Crippen molar-refractivity contribution < 1.29 is 4.79 Å². The number of H-pyrrole nitrogens is 2. The van der Waals surface area contributed by atoms with Crippen LogP contribution in [0, 0.1) is 0 Å². The van der Waals surface area contributed by atoms with Crippen molar-refractivity contribution in [1.29, 1.82) is 0 Å². The molecule has 0 spiro atoms. The van der Waals surface area contributed by atoms with Crippen molar-refractivity contribution in [3.05, 3.63) is 52.5 Å². The van der Waals surface area contributed by atoms with E-state index < -0.39 is 0 Å². The van der Waals surface area contributed by atoms with E-state index in [-0.39, 0.29) is 17.0 Å². The second-order valence-corrected chi connectivity index (χ2v) is 3.45. The van der Waals surface area contributed by atoms with Gasteiger partial charge in [0.05, 0.1) is 0 Å². The lowest BCUT2D eigenvalue weighted by Gasteiger charge is -2.02. The molecule has 0 saturated carbocycles. The van der Waals surface area contributed by atoms with Gasteiger partial charge in [0.15, 0.2) is 0 Å². The van der Waals surface area contributed by atoms with Gasteiger partial charge in [0.1, 0.15) is 11.4 Å². The molecule has 0 aliphatic rings. The Hall–Kier alpha value is -2.37. The van der Waals surface area contributed by atoms with Crippen LogP contribution in [-0.2, 0) is 6.42 Å². The fourth-order valence-electron chi connectivity index (χ4n) is 1.42. The Kier molecular flexibility index (Phi) is 3.34. The number of hydrogen-bond donors (Lipinski definition) is 3. The number of nitrogens with one attached hydrogen (secondary N) is 3. The van der Waals surface area contributed by atoms with E-state index in [1.807, 2.05) is 0 Å². The van der Waals surface area contributed by atoms with Gasteiger partial charge in [0.25, 0.3) is 11.5 Å². The van der Waals surface area contributed by atoms with Gasteiger partial charge >= 0.3 is 0 Å². The van der Waals surface area contributed by atoms with Gasteiger partial charge in [-0.1, -0.05) is 0 Å². The largest absolute Gasteiger partial charge is 0.351 e. The van der Waals surface area contributed by atoms with Crippen molar-refractivity contribution in [2.24, 2.45) is 0 Å². The van der Waals surface area contributed by atoms with Gasteiger partial charge in [-0.25, -0.2) is 4.98 Å². The molecule has 3 N–H and O–H groups in total. The summed E-state index contributed by atoms with van der Waals surface area (Å²) in [5, 5.41) is 2.66. The summed E-state index contributed by atoms with van der Waals surface area (Å²) in [6, 6.07) is 3.10. The molecule has 2 heterocycles. The van der Waals surface area contributed by atoms with Crippen LogP contribution in [0.5, 0.6) is 0 Å². The molecule has 1 amide bonds. The molecule has 0 bridgehead atoms. The SMILES string of the molecule is O=C(NCCc1ncc[nH]1)c1ccc[nH]c1=O. The summed E-state index contributed by atoms with van der Waals surface area (Å²) in [5.41, 5.74) is -0.269. The van der Waals surface area contributed by atoms with Crippen LogP contribution < -0.4 is 10.9 Å². The molecule has 2 aromatic heterocycles. The Morgan fingerprint density at radius 2 is 2.24 bits per heavy atom. The van der Waals surface area contributed by atoms with Crippen molar-refractivity contribution in [3.63, 3.8) is 0 Å². The quantitative estimate of drug-likeness (QED) is 0.696. The molecule has 0 aromatic carbocycles. The number of hydrogen-bond acceptors (Lipinski definition) is 3. The van der Waals surface area contributed by atoms with E-state index in [1.165, 1.54) is 12.3 Å². The van der Waals surface area contributed by atoms with Crippen LogP contribution in [0.4, 0.5) is 0 Å². The molecule has 0 saturated heterocycles. The second kappa shape index (κ2) is 5.11. The van der Waals surface area contributed by atoms with Crippen LogP contribution in [-0.4, -0.2) is 27.4 Å². The fraction of sp³-hybridized carbons (Fsp3) is 0.182. The molecule has 0 unspecified atom stereocenters. The van der Waals surface area contributed by atoms with Crippen LogP contribution in [0.25, 0.3) is 0 Å². The van der Waals surface area contributed by atoms with Gasteiger partial charge in [-0.15, -0.1) is 0 Å². The molecular weight excluding hydrogens is 220 g/mol. The number of carbonyl (C=O) groups excluding carboxylic acids is 1. The lowest BCUT2D eigenvalue weighted by molar-refractivity contribution is 0.0952. The highest BCUT2D eigenvalue weighted by Gasteiger charge is 2.08. The Labute approximate surface area is 97.1 Å². The highest BCUT2D eigenvalue weighted by Crippen LogP contribution is 1.91. The molecular formula is C11H12N4O2. The highest BCUT2D eigenvalue weighted by molar-refractivity contribution is 5.93. The molecule has 88 valence electrons. The third kappa shape index (κ3) is 2.81. The van der Waals surface area contributed by atoms with Crippen molar-refractivity contribution in [3.8, 4) is 0 Å². The maximum Gasteiger partial charge on any atom is 0.260 e. The molecule has 2 rings (SSSR count). The van der Waals surface area contributed by atoms with Crippen LogP contribution in [0.1, 0.15) is 16.2 Å². The minimum Gasteiger partial charge on any atom is -0.351 e. The standard InChI is InChI=1S/C11H12N4O2/c16-10-8(2-1-4-14-10)11(17)15-5-3-9-12-6-7-13-9/h1-2,4,6-7H,3,5H2,(H,12,13)(H,14,16)(H,15,17). The number of pyridine rings is 1. The maximum atomic E-state index is 11.6. The zero-order valence-electron chi connectivity index (χ0n) is 9.06. The van der Waals surface area contributed by atoms with Crippen LogP contribution in [0.15, 0.2) is 35.5 Å². The third-order valence-corrected chi connectivity index (χ3v) is 2.27. The molecule has 0 aliphatic carbocycles. The summed E-state index contributed by atoms with van der Waals surface area (Å²) in [5.74, 6) is 0.422. The van der Waals surface area contributed by atoms with E-state index in [4.69, 9.17) is 0 Å². The van der Waals surface area contributed by atoms with Gasteiger partial charge in [-0.2, -0.15) is 0 Å². The average molecular weight is 232 g/mol. The van der Waals surface area contributed by atoms with E-state index in [9.17, 15) is 9.59 Å². The molecule has 2 aromatic rings. The van der Waals surface area contributed by atoms with E-state index in [1.54, 1.807) is 18.5 Å². The van der Waals surface area contributed by atoms with Crippen molar-refractivity contribution in [1.82, 2.24) is 20.3 Å². The number of aromatic amines is 2. The van der Waals surface area contributed by atoms with Crippen LogP contribution in [0.3, 0.4) is 0 Å². The first-order valence-corrected chi connectivity index (χ1v) is 5.21. The summed E-state index contributed by atoms with van der Waals surface area (Å²) >= 11 is 0. The summed E-state index contributed by atoms with van der Waals surface area (Å²) in [4.78, 5) is 32.4. The smallest absolute Gasteiger partial charge is 0.260 e. The molecule has 17 heavy (non-hydrogen) atoms. The summed E-state index contributed by atoms with van der Waals surface area (Å²) in [7, 11) is 0. The monoisotopic (exact) mass is 232 g/mol. The summed E-state index contributed by atoms with van der Waals surface area (Å²) in [6.45, 7) is 0.431. The molecule has 6 heteroatoms. The zero-order chi connectivity index (χ0) is 12.1. The topological polar surface area (TPSA) is 90.6 Å². The van der Waals surface area contributed by atoms with Crippen molar-refractivity contribution in [2.45, 2.75) is 6.42 Å². The first-order chi connectivity index (χ1) is 8.27. The minimum absolute atomic E-state index is 0.118. The predicted molar refractivity (Wildman–Crippen MR) is 61.7 cm³/mol. The first-order valence-electron chi connectivity index (χ1n) is 5.21. The molecule has 0 fully saturated rings. The Bertz CT molecular complexity index is 545. The summed E-state index contributed by atoms with van der Waals surface area (Å²) < 4.78 is 0. The van der Waals surface area contributed by atoms with Gasteiger partial charge in [0.2, 0.25) is 0 Å². The first kappa shape index (κ1) is 11.1. The number of imidazole rings is 1. The van der Waals surface area contributed by atoms with E-state index in [0.717, 1.165) is 5.82 Å². The molecule has 0 atom stereocenters. The number of carbonyl (C=O) groups is 1. The van der Waals surface area contributed by atoms with Gasteiger partial charge in [-0.05, 0) is 12.1 Å². The molecule has 0 aliphatic heterocycles. The lowest BCUT2D eigenvalue weighted by Crippen LogP contribution is -2.30. The van der Waals surface area contributed by atoms with Gasteiger partial charge in [-0.3, -0.25) is 9.59 Å². The van der Waals surface area contributed by atoms with Gasteiger partial charge in [0, 0.05) is 31.6 Å².